The van der Waals surface area contributed by atoms with Gasteiger partial charge >= 0.3 is 0 Å². The maximum absolute atomic E-state index is 13.0. The molecule has 3 rings (SSSR count). The predicted octanol–water partition coefficient (Wildman–Crippen LogP) is 4.09. The fraction of sp³-hybridized carbons (Fsp3) is 0.571. The molecular formula is C21H30N2O. The number of carbonyl (C=O) groups is 1. The zero-order chi connectivity index (χ0) is 17.1. The van der Waals surface area contributed by atoms with E-state index in [0.29, 0.717) is 5.91 Å². The lowest BCUT2D eigenvalue weighted by atomic mass is 9.87. The van der Waals surface area contributed by atoms with Gasteiger partial charge in [0.2, 0.25) is 0 Å². The monoisotopic (exact) mass is 326 g/mol. The van der Waals surface area contributed by atoms with E-state index in [0.717, 1.165) is 51.0 Å². The lowest BCUT2D eigenvalue weighted by molar-refractivity contribution is -0.127. The molecule has 1 aliphatic heterocycles. The summed E-state index contributed by atoms with van der Waals surface area (Å²) in [6.45, 7) is 10.4. The summed E-state index contributed by atoms with van der Waals surface area (Å²) in [5.41, 5.74) is 5.07. The van der Waals surface area contributed by atoms with Gasteiger partial charge in [0.15, 0.2) is 0 Å². The normalized spacial score (nSPS) is 20.9. The topological polar surface area (TPSA) is 23.6 Å². The number of benzene rings is 1. The summed E-state index contributed by atoms with van der Waals surface area (Å²) in [4.78, 5) is 17.6. The van der Waals surface area contributed by atoms with E-state index in [1.807, 2.05) is 0 Å². The highest BCUT2D eigenvalue weighted by atomic mass is 16.2. The van der Waals surface area contributed by atoms with E-state index in [-0.39, 0.29) is 6.04 Å². The van der Waals surface area contributed by atoms with E-state index in [4.69, 9.17) is 0 Å². The zero-order valence-corrected chi connectivity index (χ0v) is 15.3. The number of hydrogen-bond acceptors (Lipinski definition) is 2. The number of amides is 1. The summed E-state index contributed by atoms with van der Waals surface area (Å²) in [5.74, 6) is 0.294. The number of rotatable bonds is 6. The Morgan fingerprint density at radius 3 is 2.42 bits per heavy atom. The number of nitrogens with zero attached hydrogens (tertiary/aromatic N) is 2. The quantitative estimate of drug-likeness (QED) is 0.786. The van der Waals surface area contributed by atoms with E-state index in [9.17, 15) is 4.79 Å². The molecule has 2 aliphatic rings. The van der Waals surface area contributed by atoms with Crippen molar-refractivity contribution in [2.24, 2.45) is 0 Å². The van der Waals surface area contributed by atoms with Gasteiger partial charge in [-0.3, -0.25) is 4.79 Å². The minimum Gasteiger partial charge on any atom is -0.327 e. The van der Waals surface area contributed by atoms with Crippen LogP contribution in [0.3, 0.4) is 0 Å². The lowest BCUT2D eigenvalue weighted by Gasteiger charge is -2.30. The molecule has 0 bridgehead atoms. The maximum atomic E-state index is 13.0. The third-order valence-corrected chi connectivity index (χ3v) is 5.62. The summed E-state index contributed by atoms with van der Waals surface area (Å²) < 4.78 is 0. The fourth-order valence-electron chi connectivity index (χ4n) is 4.10. The number of aryl methyl sites for hydroxylation is 1. The zero-order valence-electron chi connectivity index (χ0n) is 15.3. The van der Waals surface area contributed by atoms with Crippen LogP contribution in [0.5, 0.6) is 0 Å². The van der Waals surface area contributed by atoms with Gasteiger partial charge in [0.1, 0.15) is 0 Å². The van der Waals surface area contributed by atoms with Crippen molar-refractivity contribution in [1.29, 1.82) is 0 Å². The molecule has 3 nitrogen and oxygen atoms in total. The second-order valence-corrected chi connectivity index (χ2v) is 7.05. The van der Waals surface area contributed by atoms with Gasteiger partial charge in [-0.1, -0.05) is 43.7 Å². The van der Waals surface area contributed by atoms with E-state index in [2.05, 4.69) is 54.8 Å². The van der Waals surface area contributed by atoms with E-state index in [1.54, 1.807) is 0 Å². The highest BCUT2D eigenvalue weighted by Gasteiger charge is 2.40. The molecule has 0 saturated heterocycles. The van der Waals surface area contributed by atoms with Crippen LogP contribution >= 0.6 is 0 Å². The third-order valence-electron chi connectivity index (χ3n) is 5.62. The van der Waals surface area contributed by atoms with Gasteiger partial charge in [-0.2, -0.15) is 0 Å². The largest absolute Gasteiger partial charge is 0.327 e. The molecule has 0 radical (unpaired) electrons. The average molecular weight is 326 g/mol. The highest BCUT2D eigenvalue weighted by Crippen LogP contribution is 2.44. The number of likely N-dealkylation sites (N-methyl/N-ethyl adjacent to an activating group) is 1. The summed E-state index contributed by atoms with van der Waals surface area (Å²) in [6, 6.07) is 8.93. The molecule has 130 valence electrons. The summed E-state index contributed by atoms with van der Waals surface area (Å²) in [7, 11) is 0. The number of hydrogen-bond donors (Lipinski definition) is 0. The van der Waals surface area contributed by atoms with Crippen molar-refractivity contribution in [2.45, 2.75) is 52.5 Å². The molecule has 0 saturated carbocycles. The van der Waals surface area contributed by atoms with Gasteiger partial charge in [-0.15, -0.1) is 0 Å². The van der Waals surface area contributed by atoms with Crippen molar-refractivity contribution in [3.8, 4) is 0 Å². The molecule has 0 spiro atoms. The number of carbonyl (C=O) groups excluding carboxylic acids is 1. The Kier molecular flexibility index (Phi) is 5.40. The lowest BCUT2D eigenvalue weighted by Crippen LogP contribution is -2.38. The Bertz CT molecular complexity index is 613. The first-order valence-corrected chi connectivity index (χ1v) is 9.47. The van der Waals surface area contributed by atoms with Crippen LogP contribution in [0.25, 0.3) is 0 Å². The van der Waals surface area contributed by atoms with Crippen LogP contribution in [0.4, 0.5) is 0 Å². The Labute approximate surface area is 146 Å². The molecule has 1 unspecified atom stereocenters. The van der Waals surface area contributed by atoms with Crippen LogP contribution < -0.4 is 0 Å². The molecule has 1 aliphatic carbocycles. The first-order valence-electron chi connectivity index (χ1n) is 9.47. The third kappa shape index (κ3) is 3.27. The van der Waals surface area contributed by atoms with Gasteiger partial charge in [-0.05, 0) is 56.8 Å². The summed E-state index contributed by atoms with van der Waals surface area (Å²) in [6.07, 6.45) is 4.44. The van der Waals surface area contributed by atoms with Crippen molar-refractivity contribution in [1.82, 2.24) is 9.80 Å². The van der Waals surface area contributed by atoms with Gasteiger partial charge in [-0.25, -0.2) is 0 Å². The molecule has 0 aromatic heterocycles. The molecule has 0 N–H and O–H groups in total. The standard InChI is InChI=1S/C21H30N2O/c1-4-22(5-2)14-15-23-20(17-12-10-16(3)11-13-17)18-8-6-7-9-19(18)21(23)24/h10-13,20H,4-9,14-15H2,1-3H3. The Morgan fingerprint density at radius 1 is 1.08 bits per heavy atom. The smallest absolute Gasteiger partial charge is 0.250 e. The Hall–Kier alpha value is -1.61. The van der Waals surface area contributed by atoms with Crippen LogP contribution in [0.15, 0.2) is 35.4 Å². The van der Waals surface area contributed by atoms with Gasteiger partial charge < -0.3 is 9.80 Å². The molecule has 0 fully saturated rings. The van der Waals surface area contributed by atoms with Crippen LogP contribution in [-0.2, 0) is 4.79 Å². The molecule has 3 heteroatoms. The van der Waals surface area contributed by atoms with Gasteiger partial charge in [0.05, 0.1) is 6.04 Å². The van der Waals surface area contributed by atoms with Crippen molar-refractivity contribution < 1.29 is 4.79 Å². The van der Waals surface area contributed by atoms with Crippen molar-refractivity contribution in [3.63, 3.8) is 0 Å². The molecule has 1 aromatic rings. The Balaban J connectivity index is 1.88. The molecule has 1 atom stereocenters. The summed E-state index contributed by atoms with van der Waals surface area (Å²) in [5, 5.41) is 0. The second kappa shape index (κ2) is 7.52. The first kappa shape index (κ1) is 17.2. The van der Waals surface area contributed by atoms with Gasteiger partial charge in [0, 0.05) is 18.7 Å². The van der Waals surface area contributed by atoms with E-state index >= 15 is 0 Å². The first-order chi connectivity index (χ1) is 11.7. The van der Waals surface area contributed by atoms with E-state index < -0.39 is 0 Å². The minimum absolute atomic E-state index is 0.170. The van der Waals surface area contributed by atoms with Crippen LogP contribution in [-0.4, -0.2) is 41.9 Å². The van der Waals surface area contributed by atoms with Crippen LogP contribution in [0.2, 0.25) is 0 Å². The van der Waals surface area contributed by atoms with E-state index in [1.165, 1.54) is 23.1 Å². The second-order valence-electron chi connectivity index (χ2n) is 7.05. The van der Waals surface area contributed by atoms with Crippen LogP contribution in [0.1, 0.15) is 56.7 Å². The molecule has 24 heavy (non-hydrogen) atoms. The SMILES string of the molecule is CCN(CC)CCN1C(=O)C2=C(CCCC2)C1c1ccc(C)cc1. The minimum atomic E-state index is 0.170. The van der Waals surface area contributed by atoms with Crippen molar-refractivity contribution in [3.05, 3.63) is 46.5 Å². The fourth-order valence-corrected chi connectivity index (χ4v) is 4.10. The molecule has 1 aromatic carbocycles. The van der Waals surface area contributed by atoms with Gasteiger partial charge in [0.25, 0.3) is 5.91 Å². The maximum Gasteiger partial charge on any atom is 0.250 e. The summed E-state index contributed by atoms with van der Waals surface area (Å²) >= 11 is 0. The average Bonchev–Trinajstić information content (AvgIpc) is 2.89. The predicted molar refractivity (Wildman–Crippen MR) is 98.9 cm³/mol. The molecule has 1 heterocycles. The highest BCUT2D eigenvalue weighted by molar-refractivity contribution is 5.98. The Morgan fingerprint density at radius 2 is 1.75 bits per heavy atom. The molecule has 1 amide bonds. The van der Waals surface area contributed by atoms with Crippen molar-refractivity contribution in [2.75, 3.05) is 26.2 Å². The van der Waals surface area contributed by atoms with Crippen LogP contribution in [0, 0.1) is 6.92 Å². The van der Waals surface area contributed by atoms with Crippen molar-refractivity contribution >= 4 is 5.91 Å². The molecular weight excluding hydrogens is 296 g/mol.